The quantitative estimate of drug-likeness (QED) is 0.470. The Kier molecular flexibility index (Phi) is 9.85. The lowest BCUT2D eigenvalue weighted by Gasteiger charge is -2.29. The van der Waals surface area contributed by atoms with E-state index in [1.165, 1.54) is 29.2 Å². The highest BCUT2D eigenvalue weighted by atomic mass is 79.9. The van der Waals surface area contributed by atoms with Crippen LogP contribution >= 0.6 is 15.9 Å². The highest BCUT2D eigenvalue weighted by Crippen LogP contribution is 2.20. The van der Waals surface area contributed by atoms with E-state index in [-0.39, 0.29) is 37.7 Å². The van der Waals surface area contributed by atoms with E-state index in [1.807, 2.05) is 24.3 Å². The first-order valence-corrected chi connectivity index (χ1v) is 13.2. The van der Waals surface area contributed by atoms with Gasteiger partial charge in [0.1, 0.15) is 11.9 Å². The molecule has 0 saturated carbocycles. The molecule has 10 heteroatoms. The third-order valence-corrected chi connectivity index (χ3v) is 6.77. The summed E-state index contributed by atoms with van der Waals surface area (Å²) >= 11 is 3.38. The lowest BCUT2D eigenvalue weighted by molar-refractivity contribution is -0.140. The standard InChI is InChI=1S/C23H29BrFN3O4S/c1-4-26-23(30)17(2)27(16-18-7-9-19(24)10-8-18)22(29)6-5-15-28(33(3,31)32)21-13-11-20(25)12-14-21/h7-14,17H,4-6,15-16H2,1-3H3,(H,26,30)/t17-/m0/s1. The molecule has 0 aliphatic rings. The van der Waals surface area contributed by atoms with Crippen LogP contribution in [-0.2, 0) is 26.2 Å². The van der Waals surface area contributed by atoms with Crippen molar-refractivity contribution >= 4 is 43.5 Å². The van der Waals surface area contributed by atoms with E-state index in [2.05, 4.69) is 21.2 Å². The Labute approximate surface area is 203 Å². The summed E-state index contributed by atoms with van der Waals surface area (Å²) in [5.74, 6) is -0.985. The molecule has 1 N–H and O–H groups in total. The Morgan fingerprint density at radius 2 is 1.70 bits per heavy atom. The van der Waals surface area contributed by atoms with Crippen LogP contribution in [0.4, 0.5) is 10.1 Å². The summed E-state index contributed by atoms with van der Waals surface area (Å²) in [5.41, 5.74) is 1.19. The van der Waals surface area contributed by atoms with Gasteiger partial charge in [-0.2, -0.15) is 0 Å². The maximum atomic E-state index is 13.2. The number of hydrogen-bond donors (Lipinski definition) is 1. The predicted molar refractivity (Wildman–Crippen MR) is 131 cm³/mol. The van der Waals surface area contributed by atoms with Gasteiger partial charge in [0.05, 0.1) is 11.9 Å². The zero-order valence-corrected chi connectivity index (χ0v) is 21.3. The van der Waals surface area contributed by atoms with Crippen molar-refractivity contribution in [1.82, 2.24) is 10.2 Å². The van der Waals surface area contributed by atoms with E-state index in [1.54, 1.807) is 13.8 Å². The summed E-state index contributed by atoms with van der Waals surface area (Å²) in [4.78, 5) is 27.0. The summed E-state index contributed by atoms with van der Waals surface area (Å²) in [7, 11) is -3.62. The summed E-state index contributed by atoms with van der Waals surface area (Å²) < 4.78 is 39.8. The topological polar surface area (TPSA) is 86.8 Å². The molecule has 2 rings (SSSR count). The molecule has 0 aromatic heterocycles. The number of benzene rings is 2. The lowest BCUT2D eigenvalue weighted by Crippen LogP contribution is -2.47. The first-order chi connectivity index (χ1) is 15.5. The number of halogens is 2. The Hall–Kier alpha value is -2.46. The predicted octanol–water partition coefficient (Wildman–Crippen LogP) is 3.69. The molecule has 0 bridgehead atoms. The Bertz CT molecular complexity index is 1050. The highest BCUT2D eigenvalue weighted by molar-refractivity contribution is 9.10. The maximum Gasteiger partial charge on any atom is 0.242 e. The zero-order valence-electron chi connectivity index (χ0n) is 18.9. The Morgan fingerprint density at radius 3 is 2.24 bits per heavy atom. The van der Waals surface area contributed by atoms with Gasteiger partial charge in [-0.3, -0.25) is 13.9 Å². The molecule has 2 aromatic carbocycles. The van der Waals surface area contributed by atoms with Crippen LogP contribution in [0.3, 0.4) is 0 Å². The van der Waals surface area contributed by atoms with Crippen molar-refractivity contribution in [1.29, 1.82) is 0 Å². The Balaban J connectivity index is 2.13. The maximum absolute atomic E-state index is 13.2. The van der Waals surface area contributed by atoms with Crippen molar-refractivity contribution in [3.05, 3.63) is 64.4 Å². The SMILES string of the molecule is CCNC(=O)[C@H](C)N(Cc1ccc(Br)cc1)C(=O)CCCN(c1ccc(F)cc1)S(C)(=O)=O. The number of rotatable bonds is 11. The summed E-state index contributed by atoms with van der Waals surface area (Å²) in [6.07, 6.45) is 1.35. The van der Waals surface area contributed by atoms with Crippen molar-refractivity contribution in [3.63, 3.8) is 0 Å². The molecule has 1 atom stereocenters. The molecule has 0 saturated heterocycles. The van der Waals surface area contributed by atoms with Crippen molar-refractivity contribution in [3.8, 4) is 0 Å². The van der Waals surface area contributed by atoms with Gasteiger partial charge >= 0.3 is 0 Å². The normalized spacial score (nSPS) is 12.2. The number of carbonyl (C=O) groups excluding carboxylic acids is 2. The van der Waals surface area contributed by atoms with Crippen molar-refractivity contribution in [2.45, 2.75) is 39.3 Å². The molecule has 2 aromatic rings. The van der Waals surface area contributed by atoms with Gasteiger partial charge in [0, 0.05) is 30.5 Å². The lowest BCUT2D eigenvalue weighted by atomic mass is 10.1. The van der Waals surface area contributed by atoms with Crippen LogP contribution in [0.5, 0.6) is 0 Å². The van der Waals surface area contributed by atoms with Gasteiger partial charge in [0.15, 0.2) is 0 Å². The minimum absolute atomic E-state index is 0.0491. The molecule has 0 heterocycles. The summed E-state index contributed by atoms with van der Waals surface area (Å²) in [5, 5.41) is 2.74. The van der Waals surface area contributed by atoms with Gasteiger partial charge in [-0.25, -0.2) is 12.8 Å². The Morgan fingerprint density at radius 1 is 1.09 bits per heavy atom. The first kappa shape index (κ1) is 26.8. The van der Waals surface area contributed by atoms with Crippen molar-refractivity contribution < 1.29 is 22.4 Å². The molecule has 0 aliphatic carbocycles. The van der Waals surface area contributed by atoms with Gasteiger partial charge < -0.3 is 10.2 Å². The molecular formula is C23H29BrFN3O4S. The van der Waals surface area contributed by atoms with Crippen molar-refractivity contribution in [2.75, 3.05) is 23.7 Å². The van der Waals surface area contributed by atoms with E-state index < -0.39 is 21.9 Å². The van der Waals surface area contributed by atoms with Crippen molar-refractivity contribution in [2.24, 2.45) is 0 Å². The fourth-order valence-corrected chi connectivity index (χ4v) is 4.53. The molecule has 180 valence electrons. The number of anilines is 1. The summed E-state index contributed by atoms with van der Waals surface area (Å²) in [6, 6.07) is 11.9. The molecule has 2 amide bonds. The highest BCUT2D eigenvalue weighted by Gasteiger charge is 2.26. The number of carbonyl (C=O) groups is 2. The molecule has 0 fully saturated rings. The first-order valence-electron chi connectivity index (χ1n) is 10.6. The number of likely N-dealkylation sites (N-methyl/N-ethyl adjacent to an activating group) is 1. The molecule has 0 radical (unpaired) electrons. The smallest absolute Gasteiger partial charge is 0.242 e. The van der Waals surface area contributed by atoms with Crippen LogP contribution in [0.1, 0.15) is 32.3 Å². The van der Waals surface area contributed by atoms with Gasteiger partial charge in [0.2, 0.25) is 21.8 Å². The number of hydrogen-bond acceptors (Lipinski definition) is 4. The second kappa shape index (κ2) is 12.1. The molecule has 0 spiro atoms. The molecule has 33 heavy (non-hydrogen) atoms. The van der Waals surface area contributed by atoms with Crippen LogP contribution in [0, 0.1) is 5.82 Å². The third kappa shape index (κ3) is 8.12. The fraction of sp³-hybridized carbons (Fsp3) is 0.391. The number of amides is 2. The van der Waals surface area contributed by atoms with Crippen LogP contribution < -0.4 is 9.62 Å². The second-order valence-electron chi connectivity index (χ2n) is 7.63. The van der Waals surface area contributed by atoms with E-state index in [0.29, 0.717) is 12.2 Å². The van der Waals surface area contributed by atoms with E-state index in [4.69, 9.17) is 0 Å². The largest absolute Gasteiger partial charge is 0.355 e. The minimum Gasteiger partial charge on any atom is -0.355 e. The van der Waals surface area contributed by atoms with E-state index in [9.17, 15) is 22.4 Å². The number of nitrogens with one attached hydrogen (secondary N) is 1. The van der Waals surface area contributed by atoms with Gasteiger partial charge in [-0.1, -0.05) is 28.1 Å². The monoisotopic (exact) mass is 541 g/mol. The van der Waals surface area contributed by atoms with Crippen LogP contribution in [0.15, 0.2) is 53.0 Å². The average molecular weight is 542 g/mol. The van der Waals surface area contributed by atoms with Crippen LogP contribution in [0.25, 0.3) is 0 Å². The van der Waals surface area contributed by atoms with Gasteiger partial charge in [0.25, 0.3) is 0 Å². The van der Waals surface area contributed by atoms with Crippen LogP contribution in [0.2, 0.25) is 0 Å². The van der Waals surface area contributed by atoms with Gasteiger partial charge in [-0.15, -0.1) is 0 Å². The van der Waals surface area contributed by atoms with E-state index in [0.717, 1.165) is 20.6 Å². The molecule has 0 unspecified atom stereocenters. The molecule has 7 nitrogen and oxygen atoms in total. The zero-order chi connectivity index (χ0) is 24.6. The average Bonchev–Trinajstić information content (AvgIpc) is 2.76. The number of nitrogens with zero attached hydrogens (tertiary/aromatic N) is 2. The van der Waals surface area contributed by atoms with Crippen LogP contribution in [-0.4, -0.2) is 50.5 Å². The van der Waals surface area contributed by atoms with E-state index >= 15 is 0 Å². The summed E-state index contributed by atoms with van der Waals surface area (Å²) in [6.45, 7) is 4.23. The second-order valence-corrected chi connectivity index (χ2v) is 10.5. The van der Waals surface area contributed by atoms with Gasteiger partial charge in [-0.05, 0) is 62.2 Å². The molecule has 0 aliphatic heterocycles. The molecular weight excluding hydrogens is 513 g/mol. The fourth-order valence-electron chi connectivity index (χ4n) is 3.30. The minimum atomic E-state index is -3.62. The number of sulfonamides is 1. The third-order valence-electron chi connectivity index (χ3n) is 5.05.